The quantitative estimate of drug-likeness (QED) is 0.821. The Balaban J connectivity index is 1.76. The SMILES string of the molecule is CC1CC(C)NC(c2ccc(C3(C)CC3)cc2)C1. The van der Waals surface area contributed by atoms with Gasteiger partial charge in [-0.05, 0) is 55.1 Å². The zero-order valence-electron chi connectivity index (χ0n) is 11.9. The summed E-state index contributed by atoms with van der Waals surface area (Å²) in [5.41, 5.74) is 3.50. The van der Waals surface area contributed by atoms with Gasteiger partial charge in [-0.3, -0.25) is 0 Å². The maximum absolute atomic E-state index is 3.74. The standard InChI is InChI=1S/C17H25N/c1-12-10-13(2)18-16(11-12)14-4-6-15(7-5-14)17(3)8-9-17/h4-7,12-13,16,18H,8-11H2,1-3H3. The number of hydrogen-bond acceptors (Lipinski definition) is 1. The largest absolute Gasteiger partial charge is 0.307 e. The lowest BCUT2D eigenvalue weighted by atomic mass is 9.86. The number of nitrogens with one attached hydrogen (secondary N) is 1. The maximum Gasteiger partial charge on any atom is 0.0325 e. The molecule has 18 heavy (non-hydrogen) atoms. The summed E-state index contributed by atoms with van der Waals surface area (Å²) in [5, 5.41) is 3.74. The Morgan fingerprint density at radius 2 is 1.72 bits per heavy atom. The molecule has 3 rings (SSSR count). The molecule has 2 aliphatic rings. The molecule has 1 saturated carbocycles. The molecule has 0 aromatic heterocycles. The molecule has 0 radical (unpaired) electrons. The summed E-state index contributed by atoms with van der Waals surface area (Å²) in [7, 11) is 0. The zero-order valence-corrected chi connectivity index (χ0v) is 11.9. The van der Waals surface area contributed by atoms with Crippen LogP contribution in [0.1, 0.15) is 63.6 Å². The highest BCUT2D eigenvalue weighted by molar-refractivity contribution is 5.34. The predicted octanol–water partition coefficient (Wildman–Crippen LogP) is 4.19. The molecule has 2 fully saturated rings. The monoisotopic (exact) mass is 243 g/mol. The van der Waals surface area contributed by atoms with Crippen molar-refractivity contribution in [2.75, 3.05) is 0 Å². The van der Waals surface area contributed by atoms with Crippen LogP contribution in [0.4, 0.5) is 0 Å². The van der Waals surface area contributed by atoms with Gasteiger partial charge in [0.1, 0.15) is 0 Å². The van der Waals surface area contributed by atoms with Crippen molar-refractivity contribution in [3.8, 4) is 0 Å². The van der Waals surface area contributed by atoms with Gasteiger partial charge >= 0.3 is 0 Å². The van der Waals surface area contributed by atoms with Gasteiger partial charge in [-0.25, -0.2) is 0 Å². The van der Waals surface area contributed by atoms with Gasteiger partial charge in [0, 0.05) is 12.1 Å². The average Bonchev–Trinajstić information content (AvgIpc) is 3.08. The molecule has 1 aliphatic carbocycles. The summed E-state index contributed by atoms with van der Waals surface area (Å²) < 4.78 is 0. The first-order valence-electron chi connectivity index (χ1n) is 7.43. The Hall–Kier alpha value is -0.820. The van der Waals surface area contributed by atoms with Gasteiger partial charge in [0.05, 0.1) is 0 Å². The zero-order chi connectivity index (χ0) is 12.8. The number of hydrogen-bond donors (Lipinski definition) is 1. The Morgan fingerprint density at radius 1 is 1.06 bits per heavy atom. The lowest BCUT2D eigenvalue weighted by Gasteiger charge is -2.33. The van der Waals surface area contributed by atoms with E-state index >= 15 is 0 Å². The minimum atomic E-state index is 0.499. The molecule has 3 atom stereocenters. The first-order chi connectivity index (χ1) is 8.57. The molecule has 98 valence electrons. The molecule has 0 amide bonds. The highest BCUT2D eigenvalue weighted by Crippen LogP contribution is 2.47. The van der Waals surface area contributed by atoms with Crippen LogP contribution in [0.25, 0.3) is 0 Å². The molecule has 1 saturated heterocycles. The highest BCUT2D eigenvalue weighted by atomic mass is 15.0. The van der Waals surface area contributed by atoms with Gasteiger partial charge in [-0.15, -0.1) is 0 Å². The minimum Gasteiger partial charge on any atom is -0.307 e. The van der Waals surface area contributed by atoms with E-state index in [1.165, 1.54) is 36.8 Å². The molecule has 1 N–H and O–H groups in total. The van der Waals surface area contributed by atoms with Crippen LogP contribution in [0.15, 0.2) is 24.3 Å². The second-order valence-corrected chi connectivity index (χ2v) is 6.88. The molecule has 1 aliphatic heterocycles. The molecular formula is C17H25N. The molecule has 1 aromatic carbocycles. The third-order valence-corrected chi connectivity index (χ3v) is 4.89. The van der Waals surface area contributed by atoms with Crippen molar-refractivity contribution < 1.29 is 0 Å². The molecule has 1 heteroatoms. The van der Waals surface area contributed by atoms with E-state index in [0.29, 0.717) is 17.5 Å². The van der Waals surface area contributed by atoms with E-state index in [4.69, 9.17) is 0 Å². The fourth-order valence-corrected chi connectivity index (χ4v) is 3.41. The Kier molecular flexibility index (Phi) is 2.97. The first kappa shape index (κ1) is 12.2. The molecule has 1 aromatic rings. The third kappa shape index (κ3) is 2.33. The molecule has 1 nitrogen and oxygen atoms in total. The van der Waals surface area contributed by atoms with E-state index in [9.17, 15) is 0 Å². The number of piperidine rings is 1. The van der Waals surface area contributed by atoms with Gasteiger partial charge in [-0.1, -0.05) is 38.1 Å². The van der Waals surface area contributed by atoms with Crippen LogP contribution in [0.2, 0.25) is 0 Å². The number of rotatable bonds is 2. The summed E-state index contributed by atoms with van der Waals surface area (Å²) in [6.07, 6.45) is 5.32. The van der Waals surface area contributed by atoms with Gasteiger partial charge in [0.25, 0.3) is 0 Å². The fourth-order valence-electron chi connectivity index (χ4n) is 3.41. The molecule has 0 bridgehead atoms. The van der Waals surface area contributed by atoms with Crippen LogP contribution in [-0.2, 0) is 5.41 Å². The van der Waals surface area contributed by atoms with Gasteiger partial charge in [0.2, 0.25) is 0 Å². The van der Waals surface area contributed by atoms with Gasteiger partial charge < -0.3 is 5.32 Å². The summed E-state index contributed by atoms with van der Waals surface area (Å²) in [6, 6.07) is 10.6. The van der Waals surface area contributed by atoms with Crippen molar-refractivity contribution in [2.24, 2.45) is 5.92 Å². The van der Waals surface area contributed by atoms with E-state index in [1.807, 2.05) is 0 Å². The Morgan fingerprint density at radius 3 is 2.28 bits per heavy atom. The highest BCUT2D eigenvalue weighted by Gasteiger charge is 2.38. The van der Waals surface area contributed by atoms with Crippen LogP contribution < -0.4 is 5.32 Å². The van der Waals surface area contributed by atoms with Gasteiger partial charge in [0.15, 0.2) is 0 Å². The Bertz CT molecular complexity index is 406. The summed E-state index contributed by atoms with van der Waals surface area (Å²) in [6.45, 7) is 7.07. The lowest BCUT2D eigenvalue weighted by Crippen LogP contribution is -2.37. The minimum absolute atomic E-state index is 0.499. The van der Waals surface area contributed by atoms with E-state index in [-0.39, 0.29) is 0 Å². The van der Waals surface area contributed by atoms with Crippen molar-refractivity contribution in [3.63, 3.8) is 0 Å². The van der Waals surface area contributed by atoms with Crippen molar-refractivity contribution in [1.82, 2.24) is 5.32 Å². The van der Waals surface area contributed by atoms with Crippen LogP contribution in [0.5, 0.6) is 0 Å². The smallest absolute Gasteiger partial charge is 0.0325 e. The van der Waals surface area contributed by atoms with Crippen LogP contribution >= 0.6 is 0 Å². The topological polar surface area (TPSA) is 12.0 Å². The molecule has 1 heterocycles. The second kappa shape index (κ2) is 4.38. The normalized spacial score (nSPS) is 34.3. The molecular weight excluding hydrogens is 218 g/mol. The summed E-state index contributed by atoms with van der Waals surface area (Å²) in [4.78, 5) is 0. The second-order valence-electron chi connectivity index (χ2n) is 6.88. The predicted molar refractivity (Wildman–Crippen MR) is 76.8 cm³/mol. The van der Waals surface area contributed by atoms with E-state index < -0.39 is 0 Å². The maximum atomic E-state index is 3.74. The van der Waals surface area contributed by atoms with Crippen LogP contribution in [0, 0.1) is 5.92 Å². The van der Waals surface area contributed by atoms with E-state index in [2.05, 4.69) is 50.4 Å². The first-order valence-corrected chi connectivity index (χ1v) is 7.43. The van der Waals surface area contributed by atoms with Crippen LogP contribution in [-0.4, -0.2) is 6.04 Å². The summed E-state index contributed by atoms with van der Waals surface area (Å²) in [5.74, 6) is 0.840. The molecule has 0 spiro atoms. The average molecular weight is 243 g/mol. The van der Waals surface area contributed by atoms with Crippen molar-refractivity contribution in [3.05, 3.63) is 35.4 Å². The number of benzene rings is 1. The van der Waals surface area contributed by atoms with Crippen molar-refractivity contribution in [2.45, 2.75) is 64.0 Å². The van der Waals surface area contributed by atoms with Crippen molar-refractivity contribution >= 4 is 0 Å². The molecule has 3 unspecified atom stereocenters. The van der Waals surface area contributed by atoms with E-state index in [0.717, 1.165) is 5.92 Å². The third-order valence-electron chi connectivity index (χ3n) is 4.89. The fraction of sp³-hybridized carbons (Fsp3) is 0.647. The van der Waals surface area contributed by atoms with Crippen LogP contribution in [0.3, 0.4) is 0 Å². The van der Waals surface area contributed by atoms with Gasteiger partial charge in [-0.2, -0.15) is 0 Å². The lowest BCUT2D eigenvalue weighted by molar-refractivity contribution is 0.269. The summed E-state index contributed by atoms with van der Waals surface area (Å²) >= 11 is 0. The van der Waals surface area contributed by atoms with E-state index in [1.54, 1.807) is 0 Å². The van der Waals surface area contributed by atoms with Crippen molar-refractivity contribution in [1.29, 1.82) is 0 Å². The Labute approximate surface area is 111 Å².